The van der Waals surface area contributed by atoms with E-state index in [0.717, 1.165) is 5.92 Å². The molecule has 0 atom stereocenters. The third-order valence-electron chi connectivity index (χ3n) is 4.95. The molecule has 112 valence electrons. The highest BCUT2D eigenvalue weighted by atomic mass is 14.2. The van der Waals surface area contributed by atoms with E-state index in [-0.39, 0.29) is 0 Å². The molecule has 1 aliphatic rings. The van der Waals surface area contributed by atoms with Crippen molar-refractivity contribution in [3.63, 3.8) is 0 Å². The van der Waals surface area contributed by atoms with Gasteiger partial charge in [0.05, 0.1) is 0 Å². The number of rotatable bonds is 6. The SMILES string of the molecule is CCCCC(C)(C)Cc1ccc(C2CCCCC2)cc1. The minimum atomic E-state index is 0.447. The lowest BCUT2D eigenvalue weighted by Crippen LogP contribution is -2.15. The number of hydrogen-bond acceptors (Lipinski definition) is 0. The molecule has 1 aliphatic carbocycles. The Balaban J connectivity index is 1.93. The zero-order valence-corrected chi connectivity index (χ0v) is 13.8. The maximum atomic E-state index is 2.41. The van der Waals surface area contributed by atoms with Gasteiger partial charge in [-0.25, -0.2) is 0 Å². The second-order valence-electron chi connectivity index (χ2n) is 7.52. The van der Waals surface area contributed by atoms with Gasteiger partial charge in [-0.05, 0) is 48.1 Å². The molecule has 0 heteroatoms. The van der Waals surface area contributed by atoms with Gasteiger partial charge in [-0.15, -0.1) is 0 Å². The molecular weight excluding hydrogens is 240 g/mol. The molecule has 1 fully saturated rings. The molecule has 0 nitrogen and oxygen atoms in total. The molecule has 0 bridgehead atoms. The molecule has 0 unspecified atom stereocenters. The molecule has 0 heterocycles. The van der Waals surface area contributed by atoms with Crippen molar-refractivity contribution in [1.29, 1.82) is 0 Å². The van der Waals surface area contributed by atoms with Crippen molar-refractivity contribution in [3.05, 3.63) is 35.4 Å². The Kier molecular flexibility index (Phi) is 5.69. The van der Waals surface area contributed by atoms with Crippen LogP contribution in [0.1, 0.15) is 89.2 Å². The second kappa shape index (κ2) is 7.29. The Bertz CT molecular complexity index is 379. The first kappa shape index (κ1) is 15.6. The van der Waals surface area contributed by atoms with Gasteiger partial charge in [0.1, 0.15) is 0 Å². The second-order valence-corrected chi connectivity index (χ2v) is 7.52. The normalized spacial score (nSPS) is 17.4. The summed E-state index contributed by atoms with van der Waals surface area (Å²) in [6.45, 7) is 7.12. The van der Waals surface area contributed by atoms with Gasteiger partial charge in [-0.3, -0.25) is 0 Å². The Morgan fingerprint density at radius 3 is 2.25 bits per heavy atom. The van der Waals surface area contributed by atoms with Gasteiger partial charge >= 0.3 is 0 Å². The van der Waals surface area contributed by atoms with E-state index in [1.165, 1.54) is 63.4 Å². The third-order valence-corrected chi connectivity index (χ3v) is 4.95. The molecule has 0 aromatic heterocycles. The highest BCUT2D eigenvalue weighted by Crippen LogP contribution is 2.33. The van der Waals surface area contributed by atoms with Crippen molar-refractivity contribution in [3.8, 4) is 0 Å². The molecule has 0 radical (unpaired) electrons. The smallest absolute Gasteiger partial charge is 0.0162 e. The maximum Gasteiger partial charge on any atom is -0.0162 e. The average Bonchev–Trinajstić information content (AvgIpc) is 2.46. The van der Waals surface area contributed by atoms with Gasteiger partial charge in [0.2, 0.25) is 0 Å². The van der Waals surface area contributed by atoms with E-state index in [4.69, 9.17) is 0 Å². The van der Waals surface area contributed by atoms with Crippen molar-refractivity contribution in [2.45, 2.75) is 84.5 Å². The van der Waals surface area contributed by atoms with Gasteiger partial charge in [0, 0.05) is 0 Å². The fourth-order valence-electron chi connectivity index (χ4n) is 3.64. The topological polar surface area (TPSA) is 0 Å². The van der Waals surface area contributed by atoms with Crippen LogP contribution in [0.5, 0.6) is 0 Å². The van der Waals surface area contributed by atoms with E-state index >= 15 is 0 Å². The van der Waals surface area contributed by atoms with E-state index in [1.807, 2.05) is 0 Å². The summed E-state index contributed by atoms with van der Waals surface area (Å²) in [5, 5.41) is 0. The molecule has 1 saturated carbocycles. The Labute approximate surface area is 126 Å². The molecule has 0 spiro atoms. The van der Waals surface area contributed by atoms with Crippen LogP contribution >= 0.6 is 0 Å². The predicted octanol–water partition coefficient (Wildman–Crippen LogP) is 6.49. The molecule has 0 amide bonds. The van der Waals surface area contributed by atoms with E-state index in [9.17, 15) is 0 Å². The van der Waals surface area contributed by atoms with Gasteiger partial charge < -0.3 is 0 Å². The molecule has 0 aliphatic heterocycles. The van der Waals surface area contributed by atoms with Crippen LogP contribution in [0.15, 0.2) is 24.3 Å². The van der Waals surface area contributed by atoms with Gasteiger partial charge in [-0.1, -0.05) is 77.1 Å². The lowest BCUT2D eigenvalue weighted by atomic mass is 9.80. The molecule has 2 rings (SSSR count). The van der Waals surface area contributed by atoms with Gasteiger partial charge in [0.25, 0.3) is 0 Å². The fraction of sp³-hybridized carbons (Fsp3) is 0.700. The minimum Gasteiger partial charge on any atom is -0.0654 e. The van der Waals surface area contributed by atoms with Crippen LogP contribution in [0.4, 0.5) is 0 Å². The lowest BCUT2D eigenvalue weighted by molar-refractivity contribution is 0.321. The Hall–Kier alpha value is -0.780. The first-order chi connectivity index (χ1) is 9.61. The number of benzene rings is 1. The molecule has 1 aromatic carbocycles. The van der Waals surface area contributed by atoms with Crippen molar-refractivity contribution in [2.24, 2.45) is 5.41 Å². The highest BCUT2D eigenvalue weighted by molar-refractivity contribution is 5.26. The maximum absolute atomic E-state index is 2.41. The van der Waals surface area contributed by atoms with Crippen LogP contribution in [0.3, 0.4) is 0 Å². The van der Waals surface area contributed by atoms with Gasteiger partial charge in [-0.2, -0.15) is 0 Å². The summed E-state index contributed by atoms with van der Waals surface area (Å²) < 4.78 is 0. The summed E-state index contributed by atoms with van der Waals surface area (Å²) in [5.41, 5.74) is 3.55. The molecule has 1 aromatic rings. The summed E-state index contributed by atoms with van der Waals surface area (Å²) in [5.74, 6) is 0.839. The van der Waals surface area contributed by atoms with Crippen molar-refractivity contribution in [1.82, 2.24) is 0 Å². The molecular formula is C20H32. The van der Waals surface area contributed by atoms with Gasteiger partial charge in [0.15, 0.2) is 0 Å². The monoisotopic (exact) mass is 272 g/mol. The van der Waals surface area contributed by atoms with Crippen molar-refractivity contribution in [2.75, 3.05) is 0 Å². The van der Waals surface area contributed by atoms with E-state index in [0.29, 0.717) is 5.41 Å². The van der Waals surface area contributed by atoms with E-state index in [1.54, 1.807) is 5.56 Å². The molecule has 20 heavy (non-hydrogen) atoms. The summed E-state index contributed by atoms with van der Waals surface area (Å²) in [7, 11) is 0. The zero-order valence-electron chi connectivity index (χ0n) is 13.8. The summed E-state index contributed by atoms with van der Waals surface area (Å²) in [6, 6.07) is 9.58. The molecule has 0 N–H and O–H groups in total. The predicted molar refractivity (Wildman–Crippen MR) is 89.3 cm³/mol. The standard InChI is InChI=1S/C20H32/c1-4-5-15-20(2,3)16-17-11-13-19(14-12-17)18-9-7-6-8-10-18/h11-14,18H,4-10,15-16H2,1-3H3. The fourth-order valence-corrected chi connectivity index (χ4v) is 3.64. The summed E-state index contributed by atoms with van der Waals surface area (Å²) in [6.07, 6.45) is 12.3. The van der Waals surface area contributed by atoms with Crippen molar-refractivity contribution < 1.29 is 0 Å². The van der Waals surface area contributed by atoms with Crippen LogP contribution in [-0.2, 0) is 6.42 Å². The Morgan fingerprint density at radius 2 is 1.65 bits per heavy atom. The minimum absolute atomic E-state index is 0.447. The quantitative estimate of drug-likeness (QED) is 0.555. The highest BCUT2D eigenvalue weighted by Gasteiger charge is 2.19. The van der Waals surface area contributed by atoms with Crippen LogP contribution in [0, 0.1) is 5.41 Å². The van der Waals surface area contributed by atoms with Crippen LogP contribution < -0.4 is 0 Å². The first-order valence-electron chi connectivity index (χ1n) is 8.69. The van der Waals surface area contributed by atoms with Crippen LogP contribution in [-0.4, -0.2) is 0 Å². The van der Waals surface area contributed by atoms with Crippen LogP contribution in [0.2, 0.25) is 0 Å². The summed E-state index contributed by atoms with van der Waals surface area (Å²) in [4.78, 5) is 0. The Morgan fingerprint density at radius 1 is 1.00 bits per heavy atom. The van der Waals surface area contributed by atoms with Crippen LogP contribution in [0.25, 0.3) is 0 Å². The van der Waals surface area contributed by atoms with E-state index < -0.39 is 0 Å². The third kappa shape index (κ3) is 4.65. The molecule has 0 saturated heterocycles. The van der Waals surface area contributed by atoms with E-state index in [2.05, 4.69) is 45.0 Å². The zero-order chi connectivity index (χ0) is 14.4. The largest absolute Gasteiger partial charge is 0.0654 e. The summed E-state index contributed by atoms with van der Waals surface area (Å²) >= 11 is 0. The first-order valence-corrected chi connectivity index (χ1v) is 8.69. The average molecular weight is 272 g/mol. The van der Waals surface area contributed by atoms with Crippen molar-refractivity contribution >= 4 is 0 Å². The number of hydrogen-bond donors (Lipinski definition) is 0. The lowest BCUT2D eigenvalue weighted by Gasteiger charge is -2.25. The number of unbranched alkanes of at least 4 members (excludes halogenated alkanes) is 1.